The van der Waals surface area contributed by atoms with Crippen LogP contribution in [0.15, 0.2) is 27.8 Å². The van der Waals surface area contributed by atoms with Crippen molar-refractivity contribution in [3.8, 4) is 0 Å². The van der Waals surface area contributed by atoms with Crippen molar-refractivity contribution >= 4 is 33.2 Å². The zero-order chi connectivity index (χ0) is 15.9. The lowest BCUT2D eigenvalue weighted by Gasteiger charge is -2.21. The number of pyridine rings is 1. The lowest BCUT2D eigenvalue weighted by atomic mass is 10.1. The van der Waals surface area contributed by atoms with Gasteiger partial charge in [0.25, 0.3) is 11.1 Å². The zero-order valence-electron chi connectivity index (χ0n) is 12.4. The highest BCUT2D eigenvalue weighted by atomic mass is 16.1. The van der Waals surface area contributed by atoms with Gasteiger partial charge >= 0.3 is 0 Å². The van der Waals surface area contributed by atoms with Gasteiger partial charge in [0.2, 0.25) is 0 Å². The van der Waals surface area contributed by atoms with Crippen molar-refractivity contribution < 1.29 is 0 Å². The molecule has 0 fully saturated rings. The van der Waals surface area contributed by atoms with E-state index in [1.165, 1.54) is 0 Å². The summed E-state index contributed by atoms with van der Waals surface area (Å²) < 4.78 is 0. The molecule has 2 heterocycles. The third kappa shape index (κ3) is 2.02. The summed E-state index contributed by atoms with van der Waals surface area (Å²) in [6, 6.07) is 5.67. The monoisotopic (exact) mass is 299 g/mol. The third-order valence-corrected chi connectivity index (χ3v) is 3.87. The molecule has 0 unspecified atom stereocenters. The molecule has 0 saturated heterocycles. The van der Waals surface area contributed by atoms with E-state index >= 15 is 0 Å². The molecule has 0 spiro atoms. The molecule has 1 aromatic carbocycles. The Balaban J connectivity index is 2.41. The average Bonchev–Trinajstić information content (AvgIpc) is 2.52. The van der Waals surface area contributed by atoms with Crippen molar-refractivity contribution in [2.45, 2.75) is 13.8 Å². The Morgan fingerprint density at radius 1 is 1.14 bits per heavy atom. The summed E-state index contributed by atoms with van der Waals surface area (Å²) in [5.74, 6) is 0. The molecular weight excluding hydrogens is 282 g/mol. The van der Waals surface area contributed by atoms with Gasteiger partial charge in [-0.15, -0.1) is 0 Å². The average molecular weight is 299 g/mol. The fourth-order valence-corrected chi connectivity index (χ4v) is 2.69. The Morgan fingerprint density at radius 2 is 1.82 bits per heavy atom. The molecule has 7 heteroatoms. The summed E-state index contributed by atoms with van der Waals surface area (Å²) in [5, 5.41) is 5.35. The first kappa shape index (κ1) is 14.1. The van der Waals surface area contributed by atoms with Crippen molar-refractivity contribution in [1.82, 2.24) is 15.2 Å². The predicted octanol–water partition coefficient (Wildman–Crippen LogP) is 1.19. The summed E-state index contributed by atoms with van der Waals surface area (Å²) >= 11 is 0. The van der Waals surface area contributed by atoms with E-state index in [9.17, 15) is 9.59 Å². The second kappa shape index (κ2) is 5.18. The number of nitrogen functional groups attached to an aromatic ring is 1. The van der Waals surface area contributed by atoms with E-state index < -0.39 is 11.1 Å². The molecule has 114 valence electrons. The second-order valence-electron chi connectivity index (χ2n) is 5.03. The van der Waals surface area contributed by atoms with E-state index in [1.807, 2.05) is 18.2 Å². The minimum absolute atomic E-state index is 0.0596. The molecule has 0 aliphatic heterocycles. The molecule has 0 aliphatic rings. The number of hydrogen-bond acceptors (Lipinski definition) is 5. The Hall–Kier alpha value is -2.83. The molecule has 0 amide bonds. The number of nitrogens with zero attached hydrogens (tertiary/aromatic N) is 2. The van der Waals surface area contributed by atoms with Crippen LogP contribution in [-0.4, -0.2) is 28.3 Å². The largest absolute Gasteiger partial charge is 0.397 e. The normalized spacial score (nSPS) is 11.2. The lowest BCUT2D eigenvalue weighted by molar-refractivity contribution is 0.867. The highest BCUT2D eigenvalue weighted by Crippen LogP contribution is 2.28. The van der Waals surface area contributed by atoms with Crippen LogP contribution in [0.3, 0.4) is 0 Å². The van der Waals surface area contributed by atoms with Gasteiger partial charge in [0.15, 0.2) is 0 Å². The quantitative estimate of drug-likeness (QED) is 0.630. The van der Waals surface area contributed by atoms with Crippen molar-refractivity contribution in [3.05, 3.63) is 38.9 Å². The first-order chi connectivity index (χ1) is 10.6. The molecule has 2 aromatic heterocycles. The number of rotatable bonds is 3. The predicted molar refractivity (Wildman–Crippen MR) is 88.5 cm³/mol. The summed E-state index contributed by atoms with van der Waals surface area (Å²) in [7, 11) is 0. The van der Waals surface area contributed by atoms with E-state index in [1.54, 1.807) is 0 Å². The van der Waals surface area contributed by atoms with Crippen molar-refractivity contribution in [3.63, 3.8) is 0 Å². The minimum Gasteiger partial charge on any atom is -0.397 e. The molecule has 0 saturated carbocycles. The number of aromatic amines is 2. The van der Waals surface area contributed by atoms with Crippen LogP contribution in [0.2, 0.25) is 0 Å². The second-order valence-corrected chi connectivity index (χ2v) is 5.03. The maximum absolute atomic E-state index is 12.0. The number of nitrogens with two attached hydrogens (primary N) is 1. The Bertz CT molecular complexity index is 969. The van der Waals surface area contributed by atoms with Gasteiger partial charge in [-0.2, -0.15) is 0 Å². The van der Waals surface area contributed by atoms with Gasteiger partial charge in [0, 0.05) is 24.2 Å². The van der Waals surface area contributed by atoms with E-state index in [0.29, 0.717) is 10.9 Å². The van der Waals surface area contributed by atoms with Crippen molar-refractivity contribution in [2.75, 3.05) is 23.7 Å². The van der Waals surface area contributed by atoms with E-state index in [4.69, 9.17) is 5.73 Å². The molecule has 3 aromatic rings. The molecule has 4 N–H and O–H groups in total. The van der Waals surface area contributed by atoms with E-state index in [-0.39, 0.29) is 16.6 Å². The fourth-order valence-electron chi connectivity index (χ4n) is 2.69. The van der Waals surface area contributed by atoms with Crippen molar-refractivity contribution in [1.29, 1.82) is 0 Å². The molecule has 7 nitrogen and oxygen atoms in total. The standard InChI is InChI=1S/C15H17N5O2/c1-3-20(4-2)8-5-6-10-9(7-8)12(16)11-13(17-10)15(22)19-18-14(11)21/h5-7H,3-4H2,1-2H3,(H2,16,17)(H,18,21)(H,19,22). The first-order valence-corrected chi connectivity index (χ1v) is 7.15. The van der Waals surface area contributed by atoms with Gasteiger partial charge in [0.05, 0.1) is 16.6 Å². The van der Waals surface area contributed by atoms with Crippen LogP contribution >= 0.6 is 0 Å². The highest BCUT2D eigenvalue weighted by Gasteiger charge is 2.13. The number of anilines is 2. The number of benzene rings is 1. The zero-order valence-corrected chi connectivity index (χ0v) is 12.4. The number of hydrogen-bond donors (Lipinski definition) is 3. The van der Waals surface area contributed by atoms with Gasteiger partial charge in [-0.05, 0) is 32.0 Å². The van der Waals surface area contributed by atoms with E-state index in [2.05, 4.69) is 33.9 Å². The number of nitrogens with one attached hydrogen (secondary N) is 2. The third-order valence-electron chi connectivity index (χ3n) is 3.87. The SMILES string of the molecule is CCN(CC)c1ccc2nc3c(=O)[nH][nH]c(=O)c3c(N)c2c1. The molecular formula is C15H17N5O2. The van der Waals surface area contributed by atoms with Gasteiger partial charge < -0.3 is 10.6 Å². The molecule has 0 aliphatic carbocycles. The minimum atomic E-state index is -0.462. The fraction of sp³-hybridized carbons (Fsp3) is 0.267. The van der Waals surface area contributed by atoms with Crippen LogP contribution in [0.1, 0.15) is 13.8 Å². The highest BCUT2D eigenvalue weighted by molar-refractivity contribution is 6.06. The first-order valence-electron chi connectivity index (χ1n) is 7.15. The molecule has 22 heavy (non-hydrogen) atoms. The summed E-state index contributed by atoms with van der Waals surface area (Å²) in [6.07, 6.45) is 0. The van der Waals surface area contributed by atoms with Crippen LogP contribution in [0.4, 0.5) is 11.4 Å². The summed E-state index contributed by atoms with van der Waals surface area (Å²) in [5.41, 5.74) is 7.17. The molecule has 0 atom stereocenters. The lowest BCUT2D eigenvalue weighted by Crippen LogP contribution is -2.22. The molecule has 3 rings (SSSR count). The number of fused-ring (bicyclic) bond motifs is 2. The maximum atomic E-state index is 12.0. The van der Waals surface area contributed by atoms with Crippen LogP contribution < -0.4 is 21.8 Å². The Morgan fingerprint density at radius 3 is 2.50 bits per heavy atom. The van der Waals surface area contributed by atoms with Crippen LogP contribution in [0.25, 0.3) is 21.8 Å². The summed E-state index contributed by atoms with van der Waals surface area (Å²) in [4.78, 5) is 30.3. The number of aromatic nitrogens is 3. The maximum Gasteiger partial charge on any atom is 0.289 e. The van der Waals surface area contributed by atoms with Gasteiger partial charge in [-0.25, -0.2) is 4.98 Å². The van der Waals surface area contributed by atoms with Crippen molar-refractivity contribution in [2.24, 2.45) is 0 Å². The smallest absolute Gasteiger partial charge is 0.289 e. The summed E-state index contributed by atoms with van der Waals surface area (Å²) in [6.45, 7) is 5.87. The Labute approximate surface area is 125 Å². The molecule has 0 radical (unpaired) electrons. The van der Waals surface area contributed by atoms with Crippen LogP contribution in [-0.2, 0) is 0 Å². The topological polar surface area (TPSA) is 108 Å². The molecule has 0 bridgehead atoms. The Kier molecular flexibility index (Phi) is 3.32. The van der Waals surface area contributed by atoms with E-state index in [0.717, 1.165) is 18.8 Å². The van der Waals surface area contributed by atoms with Gasteiger partial charge in [-0.1, -0.05) is 0 Å². The van der Waals surface area contributed by atoms with Gasteiger partial charge in [-0.3, -0.25) is 19.8 Å². The van der Waals surface area contributed by atoms with Crippen LogP contribution in [0.5, 0.6) is 0 Å². The van der Waals surface area contributed by atoms with Gasteiger partial charge in [0.1, 0.15) is 5.52 Å². The van der Waals surface area contributed by atoms with Crippen LogP contribution in [0, 0.1) is 0 Å². The number of H-pyrrole nitrogens is 2.